The Morgan fingerprint density at radius 3 is 2.41 bits per heavy atom. The zero-order chi connectivity index (χ0) is 33.2. The fraction of sp³-hybridized carbons (Fsp3) is 0.556. The molecule has 0 spiro atoms. The topological polar surface area (TPSA) is 209 Å². The van der Waals surface area contributed by atoms with Gasteiger partial charge in [0.25, 0.3) is 0 Å². The number of carbonyl (C=O) groups excluding carboxylic acids is 5. The molecule has 1 aliphatic heterocycles. The molecule has 242 valence electrons. The fourth-order valence-electron chi connectivity index (χ4n) is 4.43. The number of nitrogens with two attached hydrogens (primary N) is 1. The number of carbonyl (C=O) groups is 5. The minimum atomic E-state index is -5.44. The van der Waals surface area contributed by atoms with Crippen molar-refractivity contribution in [1.82, 2.24) is 15.5 Å². The van der Waals surface area contributed by atoms with Crippen molar-refractivity contribution >= 4 is 37.0 Å². The number of likely N-dealkylation sites (tertiary alicyclic amines) is 1. The van der Waals surface area contributed by atoms with Gasteiger partial charge in [-0.3, -0.25) is 18.9 Å². The zero-order valence-electron chi connectivity index (χ0n) is 24.1. The highest BCUT2D eigenvalue weighted by Crippen LogP contribution is 2.47. The Bertz CT molecular complexity index is 1310. The van der Waals surface area contributed by atoms with E-state index >= 15 is 0 Å². The maximum Gasteiger partial charge on any atom is 0.491 e. The molecule has 1 aliphatic rings. The normalized spacial score (nSPS) is 19.0. The number of hydrogen-bond acceptors (Lipinski definition) is 9. The van der Waals surface area contributed by atoms with Gasteiger partial charge in [0.1, 0.15) is 17.9 Å². The standard InChI is InChI=1S/C27H35F3N5O8P/c1-16(25(39)43-26(40)27(28,29)30)33-23(37)19(13-18-7-4-3-5-8-18)15-44(41,42)17(2)34-22(36)11-10-21(32)24(38)35-12-6-9-20(35)14-31/h3-5,7-8,16-17,19-21H,6,9-13,15,32H2,1-2H3,(H,33,37)(H,34,36)(H,41,42). The van der Waals surface area contributed by atoms with Crippen LogP contribution in [-0.2, 0) is 39.7 Å². The van der Waals surface area contributed by atoms with Crippen LogP contribution in [0.2, 0.25) is 0 Å². The molecule has 6 unspecified atom stereocenters. The molecule has 17 heteroatoms. The number of rotatable bonds is 13. The molecule has 44 heavy (non-hydrogen) atoms. The lowest BCUT2D eigenvalue weighted by Crippen LogP contribution is -2.46. The molecule has 1 fully saturated rings. The van der Waals surface area contributed by atoms with Gasteiger partial charge in [-0.25, -0.2) is 9.59 Å². The van der Waals surface area contributed by atoms with E-state index in [9.17, 15) is 51.9 Å². The first kappa shape index (κ1) is 36.4. The molecule has 5 N–H and O–H groups in total. The van der Waals surface area contributed by atoms with Crippen LogP contribution in [-0.4, -0.2) is 82.2 Å². The van der Waals surface area contributed by atoms with Gasteiger partial charge in [-0.05, 0) is 45.1 Å². The maximum atomic E-state index is 13.3. The SMILES string of the molecule is CC(NC(=O)C(Cc1ccccc1)CP(=O)(O)C(C)NC(=O)CCC(N)C(=O)N1CCCC1C#N)C(=O)OC(=O)C(F)(F)F. The highest BCUT2D eigenvalue weighted by molar-refractivity contribution is 7.58. The summed E-state index contributed by atoms with van der Waals surface area (Å²) in [4.78, 5) is 73.2. The van der Waals surface area contributed by atoms with E-state index in [1.54, 1.807) is 30.3 Å². The average Bonchev–Trinajstić information content (AvgIpc) is 3.44. The van der Waals surface area contributed by atoms with Gasteiger partial charge >= 0.3 is 18.1 Å². The molecular formula is C27H35F3N5O8P. The summed E-state index contributed by atoms with van der Waals surface area (Å²) in [5.74, 6) is -9.24. The number of ether oxygens (including phenoxy) is 1. The van der Waals surface area contributed by atoms with Gasteiger partial charge < -0.3 is 30.9 Å². The predicted molar refractivity (Wildman–Crippen MR) is 148 cm³/mol. The molecule has 1 heterocycles. The van der Waals surface area contributed by atoms with Gasteiger partial charge in [-0.2, -0.15) is 18.4 Å². The van der Waals surface area contributed by atoms with Crippen molar-refractivity contribution in [3.8, 4) is 6.07 Å². The van der Waals surface area contributed by atoms with E-state index < -0.39 is 79.2 Å². The van der Waals surface area contributed by atoms with Crippen molar-refractivity contribution in [2.24, 2.45) is 11.7 Å². The Hall–Kier alpha value is -3.80. The summed E-state index contributed by atoms with van der Waals surface area (Å²) in [6.07, 6.45) is -5.42. The van der Waals surface area contributed by atoms with Crippen LogP contribution in [0.5, 0.6) is 0 Å². The lowest BCUT2D eigenvalue weighted by Gasteiger charge is -2.26. The van der Waals surface area contributed by atoms with Gasteiger partial charge in [0, 0.05) is 19.1 Å². The molecule has 6 atom stereocenters. The molecule has 2 rings (SSSR count). The third-order valence-corrected chi connectivity index (χ3v) is 9.28. The highest BCUT2D eigenvalue weighted by Gasteiger charge is 2.43. The van der Waals surface area contributed by atoms with Crippen molar-refractivity contribution < 1.29 is 51.3 Å². The number of benzene rings is 1. The van der Waals surface area contributed by atoms with Crippen LogP contribution in [0, 0.1) is 17.2 Å². The number of alkyl halides is 3. The van der Waals surface area contributed by atoms with Gasteiger partial charge in [0.05, 0.1) is 18.0 Å². The molecule has 0 aromatic heterocycles. The third-order valence-electron chi connectivity index (χ3n) is 6.97. The summed E-state index contributed by atoms with van der Waals surface area (Å²) in [5, 5.41) is 13.7. The van der Waals surface area contributed by atoms with E-state index in [-0.39, 0.29) is 19.3 Å². The van der Waals surface area contributed by atoms with Gasteiger partial charge in [-0.1, -0.05) is 30.3 Å². The minimum Gasteiger partial charge on any atom is -0.385 e. The smallest absolute Gasteiger partial charge is 0.385 e. The number of hydrogen-bond donors (Lipinski definition) is 4. The second-order valence-corrected chi connectivity index (χ2v) is 13.1. The lowest BCUT2D eigenvalue weighted by atomic mass is 10.00. The van der Waals surface area contributed by atoms with Crippen LogP contribution in [0.25, 0.3) is 0 Å². The third kappa shape index (κ3) is 10.7. The number of nitrogens with one attached hydrogen (secondary N) is 2. The molecule has 0 bridgehead atoms. The average molecular weight is 646 g/mol. The molecule has 13 nitrogen and oxygen atoms in total. The molecule has 1 saturated heterocycles. The number of nitrogens with zero attached hydrogens (tertiary/aromatic N) is 2. The number of amides is 3. The first-order chi connectivity index (χ1) is 20.5. The van der Waals surface area contributed by atoms with Crippen molar-refractivity contribution in [1.29, 1.82) is 5.26 Å². The molecule has 0 aliphatic carbocycles. The van der Waals surface area contributed by atoms with Crippen molar-refractivity contribution in [3.05, 3.63) is 35.9 Å². The summed E-state index contributed by atoms with van der Waals surface area (Å²) in [6.45, 7) is 2.60. The van der Waals surface area contributed by atoms with E-state index in [2.05, 4.69) is 15.4 Å². The van der Waals surface area contributed by atoms with Gasteiger partial charge in [-0.15, -0.1) is 0 Å². The van der Waals surface area contributed by atoms with E-state index in [1.807, 2.05) is 6.07 Å². The van der Waals surface area contributed by atoms with E-state index in [0.717, 1.165) is 6.92 Å². The van der Waals surface area contributed by atoms with Gasteiger partial charge in [0.15, 0.2) is 0 Å². The quantitative estimate of drug-likeness (QED) is 0.137. The summed E-state index contributed by atoms with van der Waals surface area (Å²) < 4.78 is 54.3. The van der Waals surface area contributed by atoms with Crippen LogP contribution in [0.4, 0.5) is 13.2 Å². The Morgan fingerprint density at radius 1 is 1.18 bits per heavy atom. The van der Waals surface area contributed by atoms with E-state index in [0.29, 0.717) is 24.9 Å². The van der Waals surface area contributed by atoms with Crippen molar-refractivity contribution in [2.45, 2.75) is 76.0 Å². The molecule has 0 radical (unpaired) electrons. The fourth-order valence-corrected chi connectivity index (χ4v) is 6.02. The Morgan fingerprint density at radius 2 is 1.82 bits per heavy atom. The van der Waals surface area contributed by atoms with Crippen LogP contribution < -0.4 is 16.4 Å². The second kappa shape index (κ2) is 15.8. The number of halogens is 3. The van der Waals surface area contributed by atoms with Crippen LogP contribution in [0.15, 0.2) is 30.3 Å². The van der Waals surface area contributed by atoms with Crippen molar-refractivity contribution in [3.63, 3.8) is 0 Å². The number of esters is 2. The van der Waals surface area contributed by atoms with Gasteiger partial charge in [0.2, 0.25) is 25.1 Å². The molecular weight excluding hydrogens is 610 g/mol. The highest BCUT2D eigenvalue weighted by atomic mass is 31.2. The second-order valence-electron chi connectivity index (χ2n) is 10.5. The Labute approximate surface area is 251 Å². The van der Waals surface area contributed by atoms with Crippen LogP contribution in [0.1, 0.15) is 45.1 Å². The van der Waals surface area contributed by atoms with E-state index in [4.69, 9.17) is 5.73 Å². The summed E-state index contributed by atoms with van der Waals surface area (Å²) in [5.41, 5.74) is 6.48. The minimum absolute atomic E-state index is 0.0916. The molecule has 3 amide bonds. The Kier molecular flexibility index (Phi) is 13.1. The maximum absolute atomic E-state index is 13.3. The summed E-state index contributed by atoms with van der Waals surface area (Å²) in [7, 11) is -4.35. The van der Waals surface area contributed by atoms with Crippen LogP contribution in [0.3, 0.4) is 0 Å². The van der Waals surface area contributed by atoms with Crippen molar-refractivity contribution in [2.75, 3.05) is 12.7 Å². The molecule has 1 aromatic carbocycles. The Balaban J connectivity index is 2.04. The largest absolute Gasteiger partial charge is 0.491 e. The molecule has 1 aromatic rings. The summed E-state index contributed by atoms with van der Waals surface area (Å²) in [6, 6.07) is 6.90. The molecule has 0 saturated carbocycles. The first-order valence-electron chi connectivity index (χ1n) is 13.7. The first-order valence-corrected chi connectivity index (χ1v) is 15.6. The monoisotopic (exact) mass is 645 g/mol. The van der Waals surface area contributed by atoms with Crippen LogP contribution >= 0.6 is 7.37 Å². The van der Waals surface area contributed by atoms with E-state index in [1.165, 1.54) is 11.8 Å². The zero-order valence-corrected chi connectivity index (χ0v) is 25.0. The summed E-state index contributed by atoms with van der Waals surface area (Å²) >= 11 is 0. The lowest BCUT2D eigenvalue weighted by molar-refractivity contribution is -0.202. The number of nitriles is 1. The predicted octanol–water partition coefficient (Wildman–Crippen LogP) is 1.34.